The van der Waals surface area contributed by atoms with Crippen LogP contribution in [-0.2, 0) is 0 Å². The molecule has 1 aromatic heterocycles. The Kier molecular flexibility index (Phi) is 4.03. The lowest BCUT2D eigenvalue weighted by atomic mass is 10.2. The lowest BCUT2D eigenvalue weighted by Crippen LogP contribution is -2.50. The first-order valence-electron chi connectivity index (χ1n) is 7.18. The third kappa shape index (κ3) is 3.14. The van der Waals surface area contributed by atoms with Gasteiger partial charge in [0.05, 0.1) is 17.4 Å². The highest BCUT2D eigenvalue weighted by molar-refractivity contribution is 5.91. The number of aromatic nitrogens is 2. The van der Waals surface area contributed by atoms with Gasteiger partial charge >= 0.3 is 6.03 Å². The number of carbonyl (C=O) groups is 1. The number of nitrogens with two attached hydrogens (primary N) is 1. The summed E-state index contributed by atoms with van der Waals surface area (Å²) in [5, 5.41) is 2.94. The highest BCUT2D eigenvalue weighted by Crippen LogP contribution is 2.16. The molecule has 0 aliphatic carbocycles. The smallest absolute Gasteiger partial charge is 0.321 e. The van der Waals surface area contributed by atoms with E-state index in [-0.39, 0.29) is 6.03 Å². The zero-order valence-electron chi connectivity index (χ0n) is 11.9. The van der Waals surface area contributed by atoms with Gasteiger partial charge in [0.25, 0.3) is 0 Å². The van der Waals surface area contributed by atoms with Gasteiger partial charge in [-0.3, -0.25) is 4.90 Å². The Hall–Kier alpha value is -2.12. The number of nitrogens with one attached hydrogen (secondary N) is 2. The lowest BCUT2D eigenvalue weighted by molar-refractivity contribution is 0.149. The molecule has 2 aromatic rings. The number of H-pyrrole nitrogens is 1. The van der Waals surface area contributed by atoms with Crippen LogP contribution in [0.5, 0.6) is 0 Å². The van der Waals surface area contributed by atoms with Crippen LogP contribution < -0.4 is 11.1 Å². The van der Waals surface area contributed by atoms with Gasteiger partial charge in [-0.1, -0.05) is 0 Å². The number of amides is 2. The lowest BCUT2D eigenvalue weighted by Gasteiger charge is -2.34. The normalized spacial score (nSPS) is 16.3. The van der Waals surface area contributed by atoms with Crippen LogP contribution in [0.25, 0.3) is 11.0 Å². The molecule has 7 nitrogen and oxygen atoms in total. The van der Waals surface area contributed by atoms with Gasteiger partial charge in [0.15, 0.2) is 0 Å². The molecule has 4 N–H and O–H groups in total. The van der Waals surface area contributed by atoms with Crippen molar-refractivity contribution in [3.63, 3.8) is 0 Å². The van der Waals surface area contributed by atoms with E-state index in [1.54, 1.807) is 6.33 Å². The van der Waals surface area contributed by atoms with E-state index in [1.165, 1.54) is 0 Å². The second-order valence-corrected chi connectivity index (χ2v) is 5.18. The second kappa shape index (κ2) is 6.11. The molecule has 0 bridgehead atoms. The number of hydrogen-bond acceptors (Lipinski definition) is 4. The summed E-state index contributed by atoms with van der Waals surface area (Å²) in [5.41, 5.74) is 8.14. The molecule has 0 radical (unpaired) electrons. The average Bonchev–Trinajstić information content (AvgIpc) is 2.96. The summed E-state index contributed by atoms with van der Waals surface area (Å²) >= 11 is 0. The number of hydrogen-bond donors (Lipinski definition) is 3. The van der Waals surface area contributed by atoms with Gasteiger partial charge in [-0.25, -0.2) is 9.78 Å². The Morgan fingerprint density at radius 3 is 2.90 bits per heavy atom. The van der Waals surface area contributed by atoms with Gasteiger partial charge in [-0.05, 0) is 18.2 Å². The van der Waals surface area contributed by atoms with Crippen molar-refractivity contribution >= 4 is 22.8 Å². The van der Waals surface area contributed by atoms with Gasteiger partial charge in [0.2, 0.25) is 0 Å². The summed E-state index contributed by atoms with van der Waals surface area (Å²) in [4.78, 5) is 23.6. The minimum absolute atomic E-state index is 0.0544. The molecular formula is C14H20N6O. The highest BCUT2D eigenvalue weighted by atomic mass is 16.2. The molecule has 0 spiro atoms. The number of imidazole rings is 1. The summed E-state index contributed by atoms with van der Waals surface area (Å²) in [5.74, 6) is 0. The van der Waals surface area contributed by atoms with Crippen molar-refractivity contribution in [2.45, 2.75) is 0 Å². The van der Waals surface area contributed by atoms with Crippen molar-refractivity contribution in [1.29, 1.82) is 0 Å². The number of piperazine rings is 1. The zero-order valence-corrected chi connectivity index (χ0v) is 11.9. The van der Waals surface area contributed by atoms with E-state index in [9.17, 15) is 4.79 Å². The van der Waals surface area contributed by atoms with E-state index in [0.717, 1.165) is 49.4 Å². The molecule has 1 aromatic carbocycles. The van der Waals surface area contributed by atoms with Gasteiger partial charge < -0.3 is 20.9 Å². The molecule has 2 heterocycles. The SMILES string of the molecule is NCCN1CCN(C(=O)Nc2ccc3nc[nH]c3c2)CC1. The number of fused-ring (bicyclic) bond motifs is 1. The van der Waals surface area contributed by atoms with Crippen LogP contribution in [0.4, 0.5) is 10.5 Å². The molecule has 112 valence electrons. The number of rotatable bonds is 3. The maximum Gasteiger partial charge on any atom is 0.321 e. The van der Waals surface area contributed by atoms with Gasteiger partial charge in [0.1, 0.15) is 0 Å². The first kappa shape index (κ1) is 13.8. The largest absolute Gasteiger partial charge is 0.345 e. The van der Waals surface area contributed by atoms with Gasteiger partial charge in [-0.15, -0.1) is 0 Å². The predicted octanol–water partition coefficient (Wildman–Crippen LogP) is 0.671. The highest BCUT2D eigenvalue weighted by Gasteiger charge is 2.20. The number of aromatic amines is 1. The van der Waals surface area contributed by atoms with Crippen LogP contribution in [0.15, 0.2) is 24.5 Å². The molecule has 2 amide bonds. The first-order chi connectivity index (χ1) is 10.3. The fourth-order valence-electron chi connectivity index (χ4n) is 2.57. The van der Waals surface area contributed by atoms with Crippen molar-refractivity contribution in [3.8, 4) is 0 Å². The van der Waals surface area contributed by atoms with Crippen LogP contribution >= 0.6 is 0 Å². The third-order valence-electron chi connectivity index (χ3n) is 3.78. The van der Waals surface area contributed by atoms with Crippen LogP contribution in [-0.4, -0.2) is 65.1 Å². The number of benzene rings is 1. The summed E-state index contributed by atoms with van der Waals surface area (Å²) < 4.78 is 0. The Balaban J connectivity index is 1.58. The second-order valence-electron chi connectivity index (χ2n) is 5.18. The Morgan fingerprint density at radius 2 is 2.14 bits per heavy atom. The summed E-state index contributed by atoms with van der Waals surface area (Å²) in [6.07, 6.45) is 1.65. The standard InChI is InChI=1S/C14H20N6O/c15-3-4-19-5-7-20(8-6-19)14(21)18-11-1-2-12-13(9-11)17-10-16-12/h1-2,9-10H,3-8,15H2,(H,16,17)(H,18,21). The van der Waals surface area contributed by atoms with E-state index < -0.39 is 0 Å². The van der Waals surface area contributed by atoms with E-state index in [1.807, 2.05) is 23.1 Å². The molecule has 0 atom stereocenters. The molecule has 1 saturated heterocycles. The maximum atomic E-state index is 12.3. The molecule has 1 aliphatic heterocycles. The van der Waals surface area contributed by atoms with Crippen molar-refractivity contribution in [2.24, 2.45) is 5.73 Å². The topological polar surface area (TPSA) is 90.3 Å². The van der Waals surface area contributed by atoms with Crippen LogP contribution in [0.2, 0.25) is 0 Å². The molecule has 7 heteroatoms. The number of carbonyl (C=O) groups excluding carboxylic acids is 1. The Labute approximate surface area is 123 Å². The molecule has 0 saturated carbocycles. The van der Waals surface area contributed by atoms with Gasteiger partial charge in [-0.2, -0.15) is 0 Å². The first-order valence-corrected chi connectivity index (χ1v) is 7.18. The summed E-state index contributed by atoms with van der Waals surface area (Å²) in [7, 11) is 0. The van der Waals surface area contributed by atoms with Crippen molar-refractivity contribution < 1.29 is 4.79 Å². The predicted molar refractivity (Wildman–Crippen MR) is 82.2 cm³/mol. The van der Waals surface area contributed by atoms with Crippen molar-refractivity contribution in [3.05, 3.63) is 24.5 Å². The van der Waals surface area contributed by atoms with E-state index >= 15 is 0 Å². The molecule has 0 unspecified atom stereocenters. The number of anilines is 1. The molecule has 1 aliphatic rings. The monoisotopic (exact) mass is 288 g/mol. The molecular weight excluding hydrogens is 268 g/mol. The van der Waals surface area contributed by atoms with E-state index in [0.29, 0.717) is 6.54 Å². The molecule has 3 rings (SSSR count). The summed E-state index contributed by atoms with van der Waals surface area (Å²) in [6.45, 7) is 4.78. The van der Waals surface area contributed by atoms with E-state index in [4.69, 9.17) is 5.73 Å². The fraction of sp³-hybridized carbons (Fsp3) is 0.429. The minimum Gasteiger partial charge on any atom is -0.345 e. The van der Waals surface area contributed by atoms with E-state index in [2.05, 4.69) is 20.2 Å². The average molecular weight is 288 g/mol. The van der Waals surface area contributed by atoms with Crippen LogP contribution in [0, 0.1) is 0 Å². The Morgan fingerprint density at radius 1 is 1.33 bits per heavy atom. The van der Waals surface area contributed by atoms with Crippen molar-refractivity contribution in [2.75, 3.05) is 44.6 Å². The van der Waals surface area contributed by atoms with Crippen LogP contribution in [0.1, 0.15) is 0 Å². The maximum absolute atomic E-state index is 12.3. The number of nitrogens with zero attached hydrogens (tertiary/aromatic N) is 3. The zero-order chi connectivity index (χ0) is 14.7. The molecule has 1 fully saturated rings. The molecule has 21 heavy (non-hydrogen) atoms. The Bertz CT molecular complexity index is 617. The quantitative estimate of drug-likeness (QED) is 0.774. The fourth-order valence-corrected chi connectivity index (χ4v) is 2.57. The van der Waals surface area contributed by atoms with Crippen LogP contribution in [0.3, 0.4) is 0 Å². The van der Waals surface area contributed by atoms with Crippen molar-refractivity contribution in [1.82, 2.24) is 19.8 Å². The summed E-state index contributed by atoms with van der Waals surface area (Å²) in [6, 6.07) is 5.60. The third-order valence-corrected chi connectivity index (χ3v) is 3.78. The minimum atomic E-state index is -0.0544. The number of urea groups is 1. The van der Waals surface area contributed by atoms with Gasteiger partial charge in [0, 0.05) is 45.0 Å².